The van der Waals surface area contributed by atoms with Crippen molar-refractivity contribution in [1.29, 1.82) is 5.26 Å². The van der Waals surface area contributed by atoms with Crippen LogP contribution in [0.5, 0.6) is 0 Å². The summed E-state index contributed by atoms with van der Waals surface area (Å²) in [6.07, 6.45) is 0. The summed E-state index contributed by atoms with van der Waals surface area (Å²) in [4.78, 5) is 0. The van der Waals surface area contributed by atoms with Crippen LogP contribution in [-0.4, -0.2) is 8.80 Å². The van der Waals surface area contributed by atoms with E-state index >= 15 is 0 Å². The fourth-order valence-electron chi connectivity index (χ4n) is 0.771. The van der Waals surface area contributed by atoms with Crippen LogP contribution in [-0.2, 0) is 17.1 Å². The van der Waals surface area contributed by atoms with Gasteiger partial charge >= 0.3 is 18.9 Å². The van der Waals surface area contributed by atoms with Gasteiger partial charge in [0.1, 0.15) is 0 Å². The van der Waals surface area contributed by atoms with E-state index in [0.717, 1.165) is 0 Å². The molecule has 0 aromatic heterocycles. The second-order valence-corrected chi connectivity index (χ2v) is 4.94. The summed E-state index contributed by atoms with van der Waals surface area (Å²) in [5.41, 5.74) is 0. The molecule has 0 unspecified atom stereocenters. The Hall–Kier alpha value is 0.0438. The molecule has 1 nitrogen and oxygen atoms in total. The van der Waals surface area contributed by atoms with Gasteiger partial charge in [0.05, 0.1) is 8.80 Å². The third-order valence-electron chi connectivity index (χ3n) is 1.35. The van der Waals surface area contributed by atoms with E-state index in [0.29, 0.717) is 0 Å². The Bertz CT molecular complexity index is 213. The van der Waals surface area contributed by atoms with Crippen molar-refractivity contribution < 1.29 is 35.9 Å². The van der Waals surface area contributed by atoms with Crippen LogP contribution in [0.3, 0.4) is 0 Å². The van der Waals surface area contributed by atoms with E-state index in [9.17, 15) is 0 Å². The van der Waals surface area contributed by atoms with Crippen molar-refractivity contribution in [3.63, 3.8) is 0 Å². The van der Waals surface area contributed by atoms with Crippen LogP contribution in [0.4, 0.5) is 0 Å². The quantitative estimate of drug-likeness (QED) is 0.438. The fourth-order valence-corrected chi connectivity index (χ4v) is 1.63. The van der Waals surface area contributed by atoms with Crippen LogP contribution >= 0.6 is 0 Å². The number of rotatable bonds is 1. The molecule has 2 radical (unpaired) electrons. The molecule has 0 atom stereocenters. The largest absolute Gasteiger partial charge is 1.00 e. The average molecular weight is 232 g/mol. The first-order valence-electron chi connectivity index (χ1n) is 3.38. The summed E-state index contributed by atoms with van der Waals surface area (Å²) < 4.78 is 0. The van der Waals surface area contributed by atoms with Gasteiger partial charge in [-0.2, -0.15) is 0 Å². The molecule has 0 aliphatic heterocycles. The Balaban J connectivity index is -0.000000234. The zero-order valence-corrected chi connectivity index (χ0v) is 10.1. The third kappa shape index (κ3) is 8.38. The van der Waals surface area contributed by atoms with E-state index in [1.54, 1.807) is 0 Å². The van der Waals surface area contributed by atoms with Gasteiger partial charge in [0.25, 0.3) is 0 Å². The van der Waals surface area contributed by atoms with Crippen molar-refractivity contribution in [2.75, 3.05) is 0 Å². The van der Waals surface area contributed by atoms with E-state index in [1.165, 1.54) is 5.19 Å². The van der Waals surface area contributed by atoms with Crippen molar-refractivity contribution in [3.8, 4) is 0 Å². The van der Waals surface area contributed by atoms with Crippen LogP contribution < -0.4 is 24.0 Å². The summed E-state index contributed by atoms with van der Waals surface area (Å²) >= 11 is 0. The van der Waals surface area contributed by atoms with E-state index < -0.39 is 0 Å². The minimum absolute atomic E-state index is 0. The summed E-state index contributed by atoms with van der Waals surface area (Å²) in [6, 6.07) is 10.7. The Morgan fingerprint density at radius 3 is 1.69 bits per heavy atom. The first-order valence-corrected chi connectivity index (χ1v) is 5.88. The molecule has 4 heteroatoms. The van der Waals surface area contributed by atoms with Gasteiger partial charge in [0, 0.05) is 17.1 Å². The number of nitrogens with zero attached hydrogens (tertiary/aromatic N) is 1. The fraction of sp³-hybridized carbons (Fsp3) is 0.222. The molecule has 0 spiro atoms. The van der Waals surface area contributed by atoms with Gasteiger partial charge in [0.2, 0.25) is 0 Å². The molecule has 1 rings (SSSR count). The zero-order chi connectivity index (χ0) is 8.69. The molecule has 0 aliphatic carbocycles. The van der Waals surface area contributed by atoms with E-state index in [-0.39, 0.29) is 44.7 Å². The molecular weight excluding hydrogens is 221 g/mol. The molecule has 68 valence electrons. The van der Waals surface area contributed by atoms with Crippen molar-refractivity contribution >= 4 is 14.0 Å². The van der Waals surface area contributed by atoms with Gasteiger partial charge in [-0.05, 0) is 0 Å². The third-order valence-corrected chi connectivity index (χ3v) is 2.84. The van der Waals surface area contributed by atoms with Gasteiger partial charge < -0.3 is 11.8 Å². The smallest absolute Gasteiger partial charge is 0.512 e. The summed E-state index contributed by atoms with van der Waals surface area (Å²) in [5.74, 6) is 0. The van der Waals surface area contributed by atoms with Gasteiger partial charge in [0.15, 0.2) is 0 Å². The van der Waals surface area contributed by atoms with Crippen molar-refractivity contribution in [2.45, 2.75) is 13.1 Å². The number of benzene rings is 1. The van der Waals surface area contributed by atoms with E-state index in [1.807, 2.05) is 0 Å². The predicted molar refractivity (Wildman–Crippen MR) is 48.5 cm³/mol. The summed E-state index contributed by atoms with van der Waals surface area (Å²) in [6.45, 7) is 9.36. The molecule has 13 heavy (non-hydrogen) atoms. The Morgan fingerprint density at radius 2 is 1.46 bits per heavy atom. The van der Waals surface area contributed by atoms with Crippen molar-refractivity contribution in [1.82, 2.24) is 0 Å². The van der Waals surface area contributed by atoms with Gasteiger partial charge in [-0.25, -0.2) is 0 Å². The summed E-state index contributed by atoms with van der Waals surface area (Å²) in [5, 5.41) is 7.77. The molecule has 0 heterocycles. The Morgan fingerprint density at radius 1 is 1.08 bits per heavy atom. The molecule has 0 saturated heterocycles. The molecule has 0 amide bonds. The molecule has 0 N–H and O–H groups in total. The second-order valence-electron chi connectivity index (χ2n) is 2.37. The monoisotopic (exact) mass is 231 g/mol. The minimum atomic E-state index is -0.212. The molecule has 0 fully saturated rings. The van der Waals surface area contributed by atoms with Crippen molar-refractivity contribution in [2.24, 2.45) is 0 Å². The predicted octanol–water partition coefficient (Wildman–Crippen LogP) is -1.25. The Kier molecular flexibility index (Phi) is 17.4. The standard InChI is InChI=1S/C8H11Si.CN.Cu.Li/c1-9(2)8-6-4-3-5-7-8;1-2;;/h3-7H,1-2H3;;;/q;-1;;+1. The van der Waals surface area contributed by atoms with Crippen LogP contribution in [0.1, 0.15) is 0 Å². The topological polar surface area (TPSA) is 23.8 Å². The molecular formula is C9H11CuLiNSi. The SMILES string of the molecule is C[Si](C)c1ccccc1.[C-]#N.[Cu].[Li+]. The first kappa shape index (κ1) is 18.8. The first-order chi connectivity index (χ1) is 5.30. The molecule has 1 aromatic rings. The minimum Gasteiger partial charge on any atom is -0.512 e. The maximum Gasteiger partial charge on any atom is 1.00 e. The van der Waals surface area contributed by atoms with Crippen LogP contribution in [0.15, 0.2) is 30.3 Å². The van der Waals surface area contributed by atoms with Crippen LogP contribution in [0.2, 0.25) is 13.1 Å². The van der Waals surface area contributed by atoms with Gasteiger partial charge in [-0.3, -0.25) is 0 Å². The van der Waals surface area contributed by atoms with Crippen molar-refractivity contribution in [3.05, 3.63) is 36.9 Å². The number of hydrogen-bond acceptors (Lipinski definition) is 1. The molecule has 1 aromatic carbocycles. The van der Waals surface area contributed by atoms with Gasteiger partial charge in [-0.15, -0.1) is 0 Å². The van der Waals surface area contributed by atoms with Gasteiger partial charge in [-0.1, -0.05) is 48.6 Å². The normalized spacial score (nSPS) is 7.15. The second kappa shape index (κ2) is 12.0. The Labute approximate surface area is 105 Å². The number of hydrogen-bond donors (Lipinski definition) is 0. The van der Waals surface area contributed by atoms with E-state index in [4.69, 9.17) is 11.8 Å². The molecule has 0 bridgehead atoms. The maximum absolute atomic E-state index is 6.25. The van der Waals surface area contributed by atoms with Crippen LogP contribution in [0.25, 0.3) is 0 Å². The van der Waals surface area contributed by atoms with Crippen LogP contribution in [0, 0.1) is 11.8 Å². The summed E-state index contributed by atoms with van der Waals surface area (Å²) in [7, 11) is -0.212. The molecule has 0 aliphatic rings. The zero-order valence-electron chi connectivity index (χ0n) is 8.14. The maximum atomic E-state index is 6.25. The average Bonchev–Trinajstić information content (AvgIpc) is 2.10. The molecule has 0 saturated carbocycles. The van der Waals surface area contributed by atoms with E-state index in [2.05, 4.69) is 43.4 Å².